The van der Waals surface area contributed by atoms with Crippen LogP contribution in [0.25, 0.3) is 0 Å². The van der Waals surface area contributed by atoms with E-state index in [1.165, 1.54) is 0 Å². The Morgan fingerprint density at radius 3 is 2.58 bits per heavy atom. The average molecular weight is 319 g/mol. The second kappa shape index (κ2) is 5.89. The fourth-order valence-corrected chi connectivity index (χ4v) is 2.12. The van der Waals surface area contributed by atoms with Crippen LogP contribution in [0, 0.1) is 6.92 Å². The Balaban J connectivity index is 2.12. The quantitative estimate of drug-likeness (QED) is 0.873. The molecule has 2 amide bonds. The smallest absolute Gasteiger partial charge is 0.308 e. The maximum absolute atomic E-state index is 12.1. The number of nitrogens with one attached hydrogen (secondary N) is 1. The van der Waals surface area contributed by atoms with E-state index in [2.05, 4.69) is 21.2 Å². The third-order valence-corrected chi connectivity index (χ3v) is 3.26. The Bertz CT molecular complexity index is 598. The summed E-state index contributed by atoms with van der Waals surface area (Å²) in [5.74, 6) is 0. The van der Waals surface area contributed by atoms with Gasteiger partial charge < -0.3 is 5.32 Å². The van der Waals surface area contributed by atoms with Crippen LogP contribution in [-0.4, -0.2) is 13.1 Å². The van der Waals surface area contributed by atoms with Gasteiger partial charge >= 0.3 is 6.03 Å². The molecular formula is C15H15BrN2O. The highest BCUT2D eigenvalue weighted by molar-refractivity contribution is 9.10. The molecule has 2 rings (SSSR count). The number of nitrogens with zero attached hydrogens (tertiary/aromatic N) is 1. The van der Waals surface area contributed by atoms with Crippen LogP contribution < -0.4 is 10.2 Å². The van der Waals surface area contributed by atoms with E-state index in [9.17, 15) is 4.79 Å². The first-order chi connectivity index (χ1) is 9.06. The molecule has 1 N–H and O–H groups in total. The maximum Gasteiger partial charge on any atom is 0.326 e. The van der Waals surface area contributed by atoms with Gasteiger partial charge in [-0.25, -0.2) is 4.79 Å². The Hall–Kier alpha value is -1.81. The molecule has 0 aliphatic carbocycles. The summed E-state index contributed by atoms with van der Waals surface area (Å²) < 4.78 is 0.945. The van der Waals surface area contributed by atoms with E-state index in [1.807, 2.05) is 55.5 Å². The number of carbonyl (C=O) groups is 1. The van der Waals surface area contributed by atoms with E-state index >= 15 is 0 Å². The number of urea groups is 1. The highest BCUT2D eigenvalue weighted by atomic mass is 79.9. The van der Waals surface area contributed by atoms with Crippen molar-refractivity contribution >= 4 is 33.3 Å². The topological polar surface area (TPSA) is 32.3 Å². The number of carbonyl (C=O) groups excluding carboxylic acids is 1. The Morgan fingerprint density at radius 1 is 1.16 bits per heavy atom. The van der Waals surface area contributed by atoms with Gasteiger partial charge in [-0.1, -0.05) is 34.1 Å². The summed E-state index contributed by atoms with van der Waals surface area (Å²) in [7, 11) is 1.74. The number of halogens is 1. The summed E-state index contributed by atoms with van der Waals surface area (Å²) in [4.78, 5) is 13.7. The normalized spacial score (nSPS) is 10.1. The lowest BCUT2D eigenvalue weighted by Crippen LogP contribution is -2.31. The van der Waals surface area contributed by atoms with E-state index in [-0.39, 0.29) is 6.03 Å². The summed E-state index contributed by atoms with van der Waals surface area (Å²) in [5, 5.41) is 2.87. The van der Waals surface area contributed by atoms with E-state index < -0.39 is 0 Å². The molecule has 0 spiro atoms. The molecule has 0 atom stereocenters. The highest BCUT2D eigenvalue weighted by Crippen LogP contribution is 2.20. The Kier molecular flexibility index (Phi) is 4.22. The molecule has 3 nitrogen and oxygen atoms in total. The minimum atomic E-state index is -0.163. The first-order valence-electron chi connectivity index (χ1n) is 5.93. The standard InChI is InChI=1S/C15H15BrN2O/c1-11-5-3-7-13(9-11)17-15(19)18(2)14-8-4-6-12(16)10-14/h3-10H,1-2H3,(H,17,19). The zero-order valence-electron chi connectivity index (χ0n) is 10.9. The Morgan fingerprint density at radius 2 is 1.89 bits per heavy atom. The van der Waals surface area contributed by atoms with Crippen LogP contribution in [0.5, 0.6) is 0 Å². The summed E-state index contributed by atoms with van der Waals surface area (Å²) in [6.07, 6.45) is 0. The summed E-state index contributed by atoms with van der Waals surface area (Å²) in [6.45, 7) is 1.99. The van der Waals surface area contributed by atoms with Crippen molar-refractivity contribution in [1.29, 1.82) is 0 Å². The number of amides is 2. The summed E-state index contributed by atoms with van der Waals surface area (Å²) in [6, 6.07) is 15.2. The van der Waals surface area contributed by atoms with Crippen molar-refractivity contribution in [1.82, 2.24) is 0 Å². The monoisotopic (exact) mass is 318 g/mol. The SMILES string of the molecule is Cc1cccc(NC(=O)N(C)c2cccc(Br)c2)c1. The second-order valence-corrected chi connectivity index (χ2v) is 5.25. The van der Waals surface area contributed by atoms with Crippen molar-refractivity contribution in [3.8, 4) is 0 Å². The zero-order valence-corrected chi connectivity index (χ0v) is 12.4. The predicted octanol–water partition coefficient (Wildman–Crippen LogP) is 4.43. The van der Waals surface area contributed by atoms with Crippen molar-refractivity contribution in [2.45, 2.75) is 6.92 Å². The van der Waals surface area contributed by atoms with Crippen LogP contribution in [0.3, 0.4) is 0 Å². The largest absolute Gasteiger partial charge is 0.326 e. The van der Waals surface area contributed by atoms with Crippen LogP contribution in [0.1, 0.15) is 5.56 Å². The van der Waals surface area contributed by atoms with Gasteiger partial charge in [0.1, 0.15) is 0 Å². The molecule has 0 saturated heterocycles. The first-order valence-corrected chi connectivity index (χ1v) is 6.72. The zero-order chi connectivity index (χ0) is 13.8. The maximum atomic E-state index is 12.1. The fourth-order valence-electron chi connectivity index (χ4n) is 1.73. The fraction of sp³-hybridized carbons (Fsp3) is 0.133. The number of hydrogen-bond acceptors (Lipinski definition) is 1. The van der Waals surface area contributed by atoms with Crippen LogP contribution in [-0.2, 0) is 0 Å². The van der Waals surface area contributed by atoms with Crippen molar-refractivity contribution in [2.24, 2.45) is 0 Å². The van der Waals surface area contributed by atoms with Gasteiger partial charge in [0.25, 0.3) is 0 Å². The molecule has 98 valence electrons. The number of anilines is 2. The number of aryl methyl sites for hydroxylation is 1. The minimum Gasteiger partial charge on any atom is -0.308 e. The molecule has 2 aromatic rings. The van der Waals surface area contributed by atoms with Gasteiger partial charge in [-0.2, -0.15) is 0 Å². The van der Waals surface area contributed by atoms with Crippen molar-refractivity contribution in [3.63, 3.8) is 0 Å². The lowest BCUT2D eigenvalue weighted by atomic mass is 10.2. The molecule has 0 aliphatic rings. The molecule has 0 aliphatic heterocycles. The second-order valence-electron chi connectivity index (χ2n) is 4.34. The predicted molar refractivity (Wildman–Crippen MR) is 82.7 cm³/mol. The highest BCUT2D eigenvalue weighted by Gasteiger charge is 2.11. The van der Waals surface area contributed by atoms with Crippen LogP contribution >= 0.6 is 15.9 Å². The molecule has 0 unspecified atom stereocenters. The molecule has 0 heterocycles. The van der Waals surface area contributed by atoms with Gasteiger partial charge in [-0.3, -0.25) is 4.90 Å². The van der Waals surface area contributed by atoms with Crippen LogP contribution in [0.2, 0.25) is 0 Å². The van der Waals surface area contributed by atoms with Crippen molar-refractivity contribution in [2.75, 3.05) is 17.3 Å². The number of hydrogen-bond donors (Lipinski definition) is 1. The van der Waals surface area contributed by atoms with Gasteiger partial charge in [0.15, 0.2) is 0 Å². The van der Waals surface area contributed by atoms with Gasteiger partial charge in [0.2, 0.25) is 0 Å². The molecule has 0 radical (unpaired) electrons. The molecule has 4 heteroatoms. The summed E-state index contributed by atoms with van der Waals surface area (Å²) in [5.41, 5.74) is 2.74. The number of rotatable bonds is 2. The molecular weight excluding hydrogens is 304 g/mol. The molecule has 19 heavy (non-hydrogen) atoms. The third-order valence-electron chi connectivity index (χ3n) is 2.77. The number of benzene rings is 2. The molecule has 0 aromatic heterocycles. The van der Waals surface area contributed by atoms with E-state index in [0.717, 1.165) is 21.4 Å². The van der Waals surface area contributed by atoms with E-state index in [4.69, 9.17) is 0 Å². The van der Waals surface area contributed by atoms with E-state index in [1.54, 1.807) is 11.9 Å². The molecule has 0 saturated carbocycles. The lowest BCUT2D eigenvalue weighted by Gasteiger charge is -2.18. The van der Waals surface area contributed by atoms with Gasteiger partial charge in [-0.05, 0) is 42.8 Å². The molecule has 2 aromatic carbocycles. The van der Waals surface area contributed by atoms with Gasteiger partial charge in [-0.15, -0.1) is 0 Å². The van der Waals surface area contributed by atoms with Crippen LogP contribution in [0.15, 0.2) is 53.0 Å². The van der Waals surface area contributed by atoms with Gasteiger partial charge in [0.05, 0.1) is 0 Å². The summed E-state index contributed by atoms with van der Waals surface area (Å²) >= 11 is 3.40. The minimum absolute atomic E-state index is 0.163. The molecule has 0 fully saturated rings. The van der Waals surface area contributed by atoms with Crippen LogP contribution in [0.4, 0.5) is 16.2 Å². The van der Waals surface area contributed by atoms with E-state index in [0.29, 0.717) is 0 Å². The molecule has 0 bridgehead atoms. The van der Waals surface area contributed by atoms with Crippen molar-refractivity contribution < 1.29 is 4.79 Å². The third kappa shape index (κ3) is 3.58. The first kappa shape index (κ1) is 13.6. The van der Waals surface area contributed by atoms with Gasteiger partial charge in [0, 0.05) is 22.9 Å². The Labute approximate surface area is 121 Å². The average Bonchev–Trinajstić information content (AvgIpc) is 2.38. The lowest BCUT2D eigenvalue weighted by molar-refractivity contribution is 0.258. The van der Waals surface area contributed by atoms with Crippen molar-refractivity contribution in [3.05, 3.63) is 58.6 Å².